The second-order valence-electron chi connectivity index (χ2n) is 14.9. The zero-order valence-corrected chi connectivity index (χ0v) is 31.8. The van der Waals surface area contributed by atoms with Crippen molar-refractivity contribution >= 4 is 23.4 Å². The highest BCUT2D eigenvalue weighted by Gasteiger charge is 2.39. The van der Waals surface area contributed by atoms with Crippen LogP contribution >= 0.6 is 0 Å². The Morgan fingerprint density at radius 1 is 0.569 bits per heavy atom. The van der Waals surface area contributed by atoms with Crippen LogP contribution in [-0.2, 0) is 32.0 Å². The minimum Gasteiger partial charge on any atom is -0.380 e. The van der Waals surface area contributed by atoms with Crippen molar-refractivity contribution in [3.05, 3.63) is 155 Å². The third kappa shape index (κ3) is 8.02. The predicted octanol–water partition coefficient (Wildman–Crippen LogP) is 6.18. The SMILES string of the molecule is O=C(C(=O)N1CCC[C@H]1c1ncc(-c2ccc(CCc3ccc(-c4cnc([C@@H]5CCCN5C(=O)C(=O)[C@@H](O)c5ccccc5)[nH]4)cc3)cc2)[nH]1)[C@@H](O)c1ccccc1. The van der Waals surface area contributed by atoms with Crippen LogP contribution in [-0.4, -0.2) is 76.4 Å². The topological polar surface area (TPSA) is 173 Å². The third-order valence-electron chi connectivity index (χ3n) is 11.2. The molecule has 4 atom stereocenters. The van der Waals surface area contributed by atoms with Crippen LogP contribution in [0.5, 0.6) is 0 Å². The number of carbonyl (C=O) groups excluding carboxylic acids is 4. The van der Waals surface area contributed by atoms with Gasteiger partial charge in [0.1, 0.15) is 23.9 Å². The number of H-pyrrole nitrogens is 2. The average molecular weight is 777 g/mol. The number of aryl methyl sites for hydroxylation is 2. The maximum absolute atomic E-state index is 13.2. The first-order valence-corrected chi connectivity index (χ1v) is 19.7. The summed E-state index contributed by atoms with van der Waals surface area (Å²) in [4.78, 5) is 71.1. The molecular weight excluding hydrogens is 733 g/mol. The first-order chi connectivity index (χ1) is 28.2. The van der Waals surface area contributed by atoms with E-state index >= 15 is 0 Å². The molecule has 2 aliphatic rings. The van der Waals surface area contributed by atoms with E-state index in [-0.39, 0.29) is 12.1 Å². The van der Waals surface area contributed by atoms with Gasteiger partial charge in [-0.3, -0.25) is 19.2 Å². The molecule has 58 heavy (non-hydrogen) atoms. The van der Waals surface area contributed by atoms with Crippen molar-refractivity contribution in [1.82, 2.24) is 29.7 Å². The molecule has 294 valence electrons. The number of nitrogens with one attached hydrogen (secondary N) is 2. The Hall–Kier alpha value is -6.50. The molecule has 2 saturated heterocycles. The molecule has 4 aromatic carbocycles. The number of ketones is 2. The molecule has 0 spiro atoms. The molecule has 6 aromatic rings. The monoisotopic (exact) mass is 776 g/mol. The van der Waals surface area contributed by atoms with E-state index in [1.54, 1.807) is 73.1 Å². The van der Waals surface area contributed by atoms with Gasteiger partial charge in [-0.15, -0.1) is 0 Å². The zero-order valence-electron chi connectivity index (χ0n) is 31.8. The summed E-state index contributed by atoms with van der Waals surface area (Å²) >= 11 is 0. The normalized spacial score (nSPS) is 17.6. The van der Waals surface area contributed by atoms with Crippen molar-refractivity contribution in [2.45, 2.75) is 62.8 Å². The molecule has 2 aromatic heterocycles. The second kappa shape index (κ2) is 16.9. The second-order valence-corrected chi connectivity index (χ2v) is 14.9. The summed E-state index contributed by atoms with van der Waals surface area (Å²) in [5.41, 5.74) is 6.69. The summed E-state index contributed by atoms with van der Waals surface area (Å²) in [5, 5.41) is 21.1. The third-order valence-corrected chi connectivity index (χ3v) is 11.2. The van der Waals surface area contributed by atoms with Gasteiger partial charge in [-0.05, 0) is 71.9 Å². The Morgan fingerprint density at radius 2 is 0.948 bits per heavy atom. The molecule has 2 amide bonds. The number of aliphatic hydroxyl groups excluding tert-OH is 2. The van der Waals surface area contributed by atoms with Gasteiger partial charge in [-0.1, -0.05) is 109 Å². The maximum atomic E-state index is 13.2. The molecule has 0 unspecified atom stereocenters. The fraction of sp³-hybridized carbons (Fsp3) is 0.261. The summed E-state index contributed by atoms with van der Waals surface area (Å²) in [6, 6.07) is 32.8. The van der Waals surface area contributed by atoms with Crippen LogP contribution in [0.1, 0.15) is 83.9 Å². The number of amides is 2. The first-order valence-electron chi connectivity index (χ1n) is 19.7. The average Bonchev–Trinajstić information content (AvgIpc) is 4.12. The lowest BCUT2D eigenvalue weighted by Crippen LogP contribution is -2.38. The van der Waals surface area contributed by atoms with E-state index < -0.39 is 35.6 Å². The minimum absolute atomic E-state index is 0.374. The minimum atomic E-state index is -1.51. The summed E-state index contributed by atoms with van der Waals surface area (Å²) in [6.45, 7) is 0.841. The van der Waals surface area contributed by atoms with Crippen molar-refractivity contribution < 1.29 is 29.4 Å². The number of carbonyl (C=O) groups is 4. The van der Waals surface area contributed by atoms with E-state index in [0.717, 1.165) is 48.2 Å². The molecule has 0 aliphatic carbocycles. The largest absolute Gasteiger partial charge is 0.380 e. The molecule has 2 aliphatic heterocycles. The number of nitrogens with zero attached hydrogens (tertiary/aromatic N) is 4. The number of benzene rings is 4. The number of rotatable bonds is 13. The van der Waals surface area contributed by atoms with E-state index in [4.69, 9.17) is 0 Å². The lowest BCUT2D eigenvalue weighted by Gasteiger charge is -2.23. The Bertz CT molecular complexity index is 2220. The lowest BCUT2D eigenvalue weighted by molar-refractivity contribution is -0.150. The molecule has 4 heterocycles. The van der Waals surface area contributed by atoms with Crippen LogP contribution in [0.2, 0.25) is 0 Å². The summed E-state index contributed by atoms with van der Waals surface area (Å²) in [5.74, 6) is -1.87. The molecule has 0 saturated carbocycles. The highest BCUT2D eigenvalue weighted by atomic mass is 16.3. The Labute approximate surface area is 335 Å². The van der Waals surface area contributed by atoms with Gasteiger partial charge in [0.25, 0.3) is 23.4 Å². The van der Waals surface area contributed by atoms with Crippen LogP contribution in [0.25, 0.3) is 22.5 Å². The molecular formula is C46H44N6O6. The van der Waals surface area contributed by atoms with Crippen LogP contribution < -0.4 is 0 Å². The molecule has 0 radical (unpaired) electrons. The summed E-state index contributed by atoms with van der Waals surface area (Å²) in [6.07, 6.45) is 4.98. The smallest absolute Gasteiger partial charge is 0.293 e. The summed E-state index contributed by atoms with van der Waals surface area (Å²) < 4.78 is 0. The van der Waals surface area contributed by atoms with Crippen molar-refractivity contribution in [2.75, 3.05) is 13.1 Å². The van der Waals surface area contributed by atoms with Gasteiger partial charge >= 0.3 is 0 Å². The molecule has 12 nitrogen and oxygen atoms in total. The van der Waals surface area contributed by atoms with Gasteiger partial charge in [-0.2, -0.15) is 0 Å². The molecule has 8 rings (SSSR count). The van der Waals surface area contributed by atoms with Crippen LogP contribution in [0, 0.1) is 0 Å². The van der Waals surface area contributed by atoms with Crippen LogP contribution in [0.15, 0.2) is 122 Å². The number of hydrogen-bond donors (Lipinski definition) is 4. The number of Topliss-reactive ketones (excluding diaryl/α,β-unsaturated/α-hetero) is 2. The summed E-state index contributed by atoms with van der Waals surface area (Å²) in [7, 11) is 0. The highest BCUT2D eigenvalue weighted by molar-refractivity contribution is 6.38. The van der Waals surface area contributed by atoms with Crippen molar-refractivity contribution in [1.29, 1.82) is 0 Å². The number of aromatic nitrogens is 4. The van der Waals surface area contributed by atoms with Crippen molar-refractivity contribution in [2.24, 2.45) is 0 Å². The fourth-order valence-electron chi connectivity index (χ4n) is 7.97. The first kappa shape index (κ1) is 38.4. The quantitative estimate of drug-likeness (QED) is 0.101. The van der Waals surface area contributed by atoms with E-state index in [1.807, 2.05) is 24.3 Å². The van der Waals surface area contributed by atoms with Crippen molar-refractivity contribution in [3.63, 3.8) is 0 Å². The number of aromatic amines is 2. The number of imidazole rings is 2. The van der Waals surface area contributed by atoms with Gasteiger partial charge < -0.3 is 30.0 Å². The molecule has 2 fully saturated rings. The maximum Gasteiger partial charge on any atom is 0.293 e. The fourth-order valence-corrected chi connectivity index (χ4v) is 7.97. The standard InChI is InChI=1S/C46H44N6O6/c53-39(33-9-3-1-4-10-33)41(55)45(57)51-25-7-13-37(51)43-47-27-35(49-43)31-21-17-29(18-22-31)15-16-30-19-23-32(24-20-30)36-28-48-44(50-36)38-14-8-26-52(38)46(58)42(56)40(54)34-11-5-2-6-12-34/h1-6,9-12,17-24,27-28,37-40,53-54H,7-8,13-16,25-26H2,(H,47,49)(H,48,50)/t37-,38-,39-,40-/m0/s1. The van der Waals surface area contributed by atoms with Gasteiger partial charge in [0.15, 0.2) is 0 Å². The van der Waals surface area contributed by atoms with E-state index in [9.17, 15) is 29.4 Å². The van der Waals surface area contributed by atoms with E-state index in [2.05, 4.69) is 44.2 Å². The van der Waals surface area contributed by atoms with Gasteiger partial charge in [0, 0.05) is 13.1 Å². The van der Waals surface area contributed by atoms with Gasteiger partial charge in [0.05, 0.1) is 35.9 Å². The lowest BCUT2D eigenvalue weighted by atomic mass is 10.0. The Balaban J connectivity index is 0.849. The zero-order chi connectivity index (χ0) is 40.2. The Morgan fingerprint density at radius 3 is 1.33 bits per heavy atom. The van der Waals surface area contributed by atoms with Crippen molar-refractivity contribution in [3.8, 4) is 22.5 Å². The number of hydrogen-bond acceptors (Lipinski definition) is 8. The van der Waals surface area contributed by atoms with Crippen LogP contribution in [0.4, 0.5) is 0 Å². The van der Waals surface area contributed by atoms with E-state index in [0.29, 0.717) is 48.7 Å². The molecule has 4 N–H and O–H groups in total. The number of likely N-dealkylation sites (tertiary alicyclic amines) is 2. The van der Waals surface area contributed by atoms with Crippen LogP contribution in [0.3, 0.4) is 0 Å². The Kier molecular flexibility index (Phi) is 11.2. The predicted molar refractivity (Wildman–Crippen MR) is 216 cm³/mol. The van der Waals surface area contributed by atoms with Gasteiger partial charge in [-0.25, -0.2) is 9.97 Å². The highest BCUT2D eigenvalue weighted by Crippen LogP contribution is 2.34. The van der Waals surface area contributed by atoms with E-state index in [1.165, 1.54) is 20.9 Å². The molecule has 12 heteroatoms. The molecule has 0 bridgehead atoms. The van der Waals surface area contributed by atoms with Gasteiger partial charge in [0.2, 0.25) is 0 Å². The number of aliphatic hydroxyl groups is 2.